The minimum absolute atomic E-state index is 0.00869. The van der Waals surface area contributed by atoms with E-state index in [-0.39, 0.29) is 36.6 Å². The van der Waals surface area contributed by atoms with Crippen molar-refractivity contribution in [3.05, 3.63) is 28.8 Å². The highest BCUT2D eigenvalue weighted by Crippen LogP contribution is 2.38. The van der Waals surface area contributed by atoms with Crippen molar-refractivity contribution >= 4 is 41.0 Å². The molecule has 7 nitrogen and oxygen atoms in total. The molecule has 0 bridgehead atoms. The first kappa shape index (κ1) is 21.3. The monoisotopic (exact) mass is 420 g/mol. The van der Waals surface area contributed by atoms with Crippen LogP contribution in [0.2, 0.25) is 5.02 Å². The molecule has 0 spiro atoms. The van der Waals surface area contributed by atoms with Crippen molar-refractivity contribution in [1.82, 2.24) is 4.90 Å². The second-order valence-corrected chi connectivity index (χ2v) is 8.09. The van der Waals surface area contributed by atoms with Crippen LogP contribution in [0, 0.1) is 18.8 Å². The fourth-order valence-corrected chi connectivity index (χ4v) is 4.10. The Morgan fingerprint density at radius 2 is 1.83 bits per heavy atom. The summed E-state index contributed by atoms with van der Waals surface area (Å²) in [6, 6.07) is 5.11. The summed E-state index contributed by atoms with van der Waals surface area (Å²) in [6.45, 7) is 3.28. The van der Waals surface area contributed by atoms with Crippen molar-refractivity contribution in [2.24, 2.45) is 11.8 Å². The van der Waals surface area contributed by atoms with Gasteiger partial charge in [-0.05, 0) is 44.4 Å². The van der Waals surface area contributed by atoms with E-state index < -0.39 is 18.0 Å². The summed E-state index contributed by atoms with van der Waals surface area (Å²) < 4.78 is 5.17. The van der Waals surface area contributed by atoms with Crippen LogP contribution in [-0.4, -0.2) is 41.2 Å². The fraction of sp³-hybridized carbons (Fsp3) is 0.524. The molecular formula is C21H25ClN2O5. The molecule has 1 aliphatic carbocycles. The van der Waals surface area contributed by atoms with Crippen molar-refractivity contribution in [2.75, 3.05) is 11.9 Å². The third kappa shape index (κ3) is 4.78. The number of ether oxygens (including phenoxy) is 1. The molecule has 8 heteroatoms. The van der Waals surface area contributed by atoms with Crippen LogP contribution in [0.5, 0.6) is 0 Å². The molecule has 3 atom stereocenters. The van der Waals surface area contributed by atoms with Crippen LogP contribution in [0.4, 0.5) is 5.69 Å². The summed E-state index contributed by atoms with van der Waals surface area (Å²) in [6.07, 6.45) is 2.22. The number of hydrogen-bond acceptors (Lipinski definition) is 5. The molecule has 3 rings (SSSR count). The van der Waals surface area contributed by atoms with E-state index in [1.807, 2.05) is 6.92 Å². The number of fused-ring (bicyclic) bond motifs is 1. The number of esters is 1. The molecule has 1 aromatic rings. The second kappa shape index (κ2) is 8.95. The number of aryl methyl sites for hydroxylation is 1. The molecule has 1 heterocycles. The first-order chi connectivity index (χ1) is 13.8. The van der Waals surface area contributed by atoms with E-state index in [0.717, 1.165) is 31.2 Å². The predicted molar refractivity (Wildman–Crippen MR) is 107 cm³/mol. The molecule has 2 fully saturated rings. The smallest absolute Gasteiger partial charge is 0.308 e. The van der Waals surface area contributed by atoms with Crippen LogP contribution in [0.1, 0.15) is 44.6 Å². The largest absolute Gasteiger partial charge is 0.452 e. The molecule has 0 aromatic heterocycles. The number of carbonyl (C=O) groups excluding carboxylic acids is 4. The Morgan fingerprint density at radius 1 is 1.21 bits per heavy atom. The Morgan fingerprint density at radius 3 is 2.45 bits per heavy atom. The van der Waals surface area contributed by atoms with Gasteiger partial charge in [-0.2, -0.15) is 0 Å². The fourth-order valence-electron chi connectivity index (χ4n) is 3.93. The number of amides is 3. The molecule has 156 valence electrons. The molecule has 3 amide bonds. The summed E-state index contributed by atoms with van der Waals surface area (Å²) in [5, 5.41) is 3.16. The maximum atomic E-state index is 12.4. The van der Waals surface area contributed by atoms with Gasteiger partial charge in [0.15, 0.2) is 6.10 Å². The van der Waals surface area contributed by atoms with Gasteiger partial charge in [-0.25, -0.2) is 0 Å². The number of carbonyl (C=O) groups is 4. The van der Waals surface area contributed by atoms with E-state index in [1.54, 1.807) is 18.2 Å². The van der Waals surface area contributed by atoms with Crippen molar-refractivity contribution in [1.29, 1.82) is 0 Å². The van der Waals surface area contributed by atoms with Crippen LogP contribution in [0.3, 0.4) is 0 Å². The van der Waals surface area contributed by atoms with Gasteiger partial charge in [0.1, 0.15) is 0 Å². The van der Waals surface area contributed by atoms with Gasteiger partial charge < -0.3 is 10.1 Å². The Hall–Kier alpha value is -2.41. The quantitative estimate of drug-likeness (QED) is 0.564. The van der Waals surface area contributed by atoms with Crippen molar-refractivity contribution < 1.29 is 23.9 Å². The Balaban J connectivity index is 1.50. The van der Waals surface area contributed by atoms with Gasteiger partial charge in [-0.15, -0.1) is 0 Å². The van der Waals surface area contributed by atoms with Crippen LogP contribution < -0.4 is 5.32 Å². The zero-order valence-corrected chi connectivity index (χ0v) is 17.3. The zero-order chi connectivity index (χ0) is 21.1. The molecule has 1 aliphatic heterocycles. The molecular weight excluding hydrogens is 396 g/mol. The van der Waals surface area contributed by atoms with E-state index in [9.17, 15) is 19.2 Å². The highest BCUT2D eigenvalue weighted by atomic mass is 35.5. The standard InChI is InChI=1S/C21H25ClN2O5/c1-12-7-8-14(22)11-17(12)23-19(26)13(2)29-18(25)9-10-24-20(27)15-5-3-4-6-16(15)21(24)28/h7-8,11,13,15-16H,3-6,9-10H2,1-2H3,(H,23,26)/t13-,15-,16+/m0/s1. The third-order valence-electron chi connectivity index (χ3n) is 5.61. The normalized spacial score (nSPS) is 22.2. The lowest BCUT2D eigenvalue weighted by molar-refractivity contribution is -0.154. The lowest BCUT2D eigenvalue weighted by atomic mass is 9.81. The second-order valence-electron chi connectivity index (χ2n) is 7.66. The van der Waals surface area contributed by atoms with Crippen molar-refractivity contribution in [3.63, 3.8) is 0 Å². The topological polar surface area (TPSA) is 92.8 Å². The van der Waals surface area contributed by atoms with E-state index in [1.165, 1.54) is 11.8 Å². The van der Waals surface area contributed by atoms with Gasteiger partial charge in [-0.1, -0.05) is 30.5 Å². The van der Waals surface area contributed by atoms with Crippen molar-refractivity contribution in [2.45, 2.75) is 52.1 Å². The molecule has 29 heavy (non-hydrogen) atoms. The van der Waals surface area contributed by atoms with Crippen LogP contribution in [-0.2, 0) is 23.9 Å². The van der Waals surface area contributed by atoms with Gasteiger partial charge >= 0.3 is 5.97 Å². The average Bonchev–Trinajstić information content (AvgIpc) is 2.93. The van der Waals surface area contributed by atoms with Crippen LogP contribution >= 0.6 is 11.6 Å². The Kier molecular flexibility index (Phi) is 6.57. The number of halogens is 1. The highest BCUT2D eigenvalue weighted by Gasteiger charge is 2.47. The van der Waals surface area contributed by atoms with Crippen molar-refractivity contribution in [3.8, 4) is 0 Å². The highest BCUT2D eigenvalue weighted by molar-refractivity contribution is 6.31. The maximum Gasteiger partial charge on any atom is 0.308 e. The number of nitrogens with zero attached hydrogens (tertiary/aromatic N) is 1. The summed E-state index contributed by atoms with van der Waals surface area (Å²) in [5.41, 5.74) is 1.37. The number of nitrogens with one attached hydrogen (secondary N) is 1. The van der Waals surface area contributed by atoms with Gasteiger partial charge in [-0.3, -0.25) is 24.1 Å². The number of likely N-dealkylation sites (tertiary alicyclic amines) is 1. The summed E-state index contributed by atoms with van der Waals surface area (Å²) in [7, 11) is 0. The Bertz CT molecular complexity index is 816. The minimum Gasteiger partial charge on any atom is -0.452 e. The third-order valence-corrected chi connectivity index (χ3v) is 5.84. The van der Waals surface area contributed by atoms with E-state index in [4.69, 9.17) is 16.3 Å². The number of anilines is 1. The maximum absolute atomic E-state index is 12.4. The molecule has 2 aliphatic rings. The molecule has 0 unspecified atom stereocenters. The first-order valence-corrected chi connectivity index (χ1v) is 10.3. The van der Waals surface area contributed by atoms with E-state index >= 15 is 0 Å². The zero-order valence-electron chi connectivity index (χ0n) is 16.6. The van der Waals surface area contributed by atoms with Gasteiger partial charge in [0.2, 0.25) is 11.8 Å². The minimum atomic E-state index is -1.02. The van der Waals surface area contributed by atoms with Gasteiger partial charge in [0, 0.05) is 17.3 Å². The number of benzene rings is 1. The first-order valence-electron chi connectivity index (χ1n) is 9.89. The molecule has 1 N–H and O–H groups in total. The van der Waals surface area contributed by atoms with E-state index in [0.29, 0.717) is 10.7 Å². The molecule has 1 saturated heterocycles. The average molecular weight is 421 g/mol. The molecule has 1 saturated carbocycles. The van der Waals surface area contributed by atoms with E-state index in [2.05, 4.69) is 5.32 Å². The number of rotatable bonds is 6. The summed E-state index contributed by atoms with van der Waals surface area (Å²) in [4.78, 5) is 50.5. The summed E-state index contributed by atoms with van der Waals surface area (Å²) >= 11 is 5.94. The van der Waals surface area contributed by atoms with Crippen LogP contribution in [0.15, 0.2) is 18.2 Å². The lowest BCUT2D eigenvalue weighted by Crippen LogP contribution is -2.35. The number of hydrogen-bond donors (Lipinski definition) is 1. The number of imide groups is 1. The van der Waals surface area contributed by atoms with Gasteiger partial charge in [0.25, 0.3) is 5.91 Å². The van der Waals surface area contributed by atoms with Crippen LogP contribution in [0.25, 0.3) is 0 Å². The predicted octanol–water partition coefficient (Wildman–Crippen LogP) is 3.08. The molecule has 0 radical (unpaired) electrons. The SMILES string of the molecule is Cc1ccc(Cl)cc1NC(=O)[C@H](C)OC(=O)CCN1C(=O)[C@H]2CCCC[C@H]2C1=O. The van der Waals surface area contributed by atoms with Gasteiger partial charge in [0.05, 0.1) is 18.3 Å². The lowest BCUT2D eigenvalue weighted by Gasteiger charge is -2.19. The Labute approximate surface area is 174 Å². The summed E-state index contributed by atoms with van der Waals surface area (Å²) in [5.74, 6) is -1.96. The molecule has 1 aromatic carbocycles.